The molecule has 0 aromatic heterocycles. The van der Waals surface area contributed by atoms with Gasteiger partial charge in [0.1, 0.15) is 6.10 Å². The van der Waals surface area contributed by atoms with Crippen molar-refractivity contribution in [2.45, 2.75) is 13.0 Å². The third kappa shape index (κ3) is 2.47. The van der Waals surface area contributed by atoms with Crippen LogP contribution in [0.1, 0.15) is 18.6 Å². The summed E-state index contributed by atoms with van der Waals surface area (Å²) >= 11 is 0. The normalized spacial score (nSPS) is 18.3. The van der Waals surface area contributed by atoms with Crippen LogP contribution in [-0.4, -0.2) is 19.3 Å². The van der Waals surface area contributed by atoms with Gasteiger partial charge < -0.3 is 9.47 Å². The number of carbonyl (C=O) groups excluding carboxylic acids is 1. The van der Waals surface area contributed by atoms with Crippen molar-refractivity contribution in [3.63, 3.8) is 0 Å². The molecule has 1 aliphatic rings. The van der Waals surface area contributed by atoms with Gasteiger partial charge in [-0.25, -0.2) is 4.79 Å². The fourth-order valence-electron chi connectivity index (χ4n) is 1.40. The molecule has 1 amide bonds. The molecule has 1 aromatic rings. The highest BCUT2D eigenvalue weighted by Crippen LogP contribution is 2.34. The minimum absolute atomic E-state index is 0.128. The van der Waals surface area contributed by atoms with Gasteiger partial charge in [-0.1, -0.05) is 18.2 Å². The predicted octanol–water partition coefficient (Wildman–Crippen LogP) is 2.33. The van der Waals surface area contributed by atoms with Gasteiger partial charge >= 0.3 is 6.09 Å². The second-order valence-electron chi connectivity index (χ2n) is 3.25. The average molecular weight is 207 g/mol. The summed E-state index contributed by atoms with van der Waals surface area (Å²) in [5.41, 5.74) is 1.77. The summed E-state index contributed by atoms with van der Waals surface area (Å²) in [4.78, 5) is 11.2. The van der Waals surface area contributed by atoms with E-state index in [2.05, 4.69) is 5.32 Å². The van der Waals surface area contributed by atoms with Gasteiger partial charge in [-0.05, 0) is 13.0 Å². The molecule has 15 heavy (non-hydrogen) atoms. The van der Waals surface area contributed by atoms with Gasteiger partial charge in [-0.15, -0.1) is 0 Å². The molecule has 1 N–H and O–H groups in total. The maximum Gasteiger partial charge on any atom is 0.411 e. The second-order valence-corrected chi connectivity index (χ2v) is 3.25. The van der Waals surface area contributed by atoms with Gasteiger partial charge in [0, 0.05) is 11.3 Å². The van der Waals surface area contributed by atoms with E-state index in [9.17, 15) is 4.79 Å². The quantitative estimate of drug-likeness (QED) is 0.774. The van der Waals surface area contributed by atoms with E-state index >= 15 is 0 Å². The smallest absolute Gasteiger partial charge is 0.411 e. The Morgan fingerprint density at radius 1 is 1.60 bits per heavy atom. The third-order valence-electron chi connectivity index (χ3n) is 2.15. The molecule has 1 heterocycles. The van der Waals surface area contributed by atoms with Gasteiger partial charge in [0.2, 0.25) is 0 Å². The van der Waals surface area contributed by atoms with Crippen molar-refractivity contribution in [2.75, 3.05) is 18.5 Å². The molecule has 0 spiro atoms. The maximum atomic E-state index is 11.2. The van der Waals surface area contributed by atoms with E-state index < -0.39 is 6.09 Å². The molecule has 1 saturated heterocycles. The van der Waals surface area contributed by atoms with Crippen molar-refractivity contribution < 1.29 is 14.3 Å². The van der Waals surface area contributed by atoms with E-state index in [-0.39, 0.29) is 6.10 Å². The van der Waals surface area contributed by atoms with Crippen LogP contribution < -0.4 is 5.32 Å². The SMILES string of the molecule is CCOC(=O)Nc1ccccc1C1CO1. The van der Waals surface area contributed by atoms with Gasteiger partial charge in [-0.3, -0.25) is 5.32 Å². The molecular weight excluding hydrogens is 194 g/mol. The molecule has 1 fully saturated rings. The highest BCUT2D eigenvalue weighted by molar-refractivity contribution is 5.85. The Morgan fingerprint density at radius 2 is 2.33 bits per heavy atom. The van der Waals surface area contributed by atoms with E-state index in [1.165, 1.54) is 0 Å². The van der Waals surface area contributed by atoms with E-state index in [0.29, 0.717) is 6.61 Å². The van der Waals surface area contributed by atoms with Crippen LogP contribution in [-0.2, 0) is 9.47 Å². The van der Waals surface area contributed by atoms with Gasteiger partial charge in [0.05, 0.1) is 13.2 Å². The number of hydrogen-bond acceptors (Lipinski definition) is 3. The number of nitrogens with one attached hydrogen (secondary N) is 1. The van der Waals surface area contributed by atoms with Crippen LogP contribution in [0.2, 0.25) is 0 Å². The summed E-state index contributed by atoms with van der Waals surface area (Å²) in [5.74, 6) is 0. The largest absolute Gasteiger partial charge is 0.450 e. The van der Waals surface area contributed by atoms with E-state index in [1.807, 2.05) is 24.3 Å². The first-order chi connectivity index (χ1) is 7.31. The minimum atomic E-state index is -0.425. The molecule has 1 unspecified atom stereocenters. The lowest BCUT2D eigenvalue weighted by molar-refractivity contribution is 0.168. The van der Waals surface area contributed by atoms with Crippen LogP contribution >= 0.6 is 0 Å². The fourth-order valence-corrected chi connectivity index (χ4v) is 1.40. The monoisotopic (exact) mass is 207 g/mol. The average Bonchev–Trinajstić information content (AvgIpc) is 3.02. The lowest BCUT2D eigenvalue weighted by Gasteiger charge is -2.08. The first-order valence-corrected chi connectivity index (χ1v) is 4.95. The Morgan fingerprint density at radius 3 is 3.00 bits per heavy atom. The van der Waals surface area contributed by atoms with Crippen LogP contribution in [0.5, 0.6) is 0 Å². The fraction of sp³-hybridized carbons (Fsp3) is 0.364. The molecule has 0 radical (unpaired) electrons. The Kier molecular flexibility index (Phi) is 2.87. The second kappa shape index (κ2) is 4.31. The number of benzene rings is 1. The third-order valence-corrected chi connectivity index (χ3v) is 2.15. The van der Waals surface area contributed by atoms with Crippen molar-refractivity contribution in [3.05, 3.63) is 29.8 Å². The van der Waals surface area contributed by atoms with Crippen LogP contribution in [0.25, 0.3) is 0 Å². The molecule has 0 saturated carbocycles. The lowest BCUT2D eigenvalue weighted by atomic mass is 10.1. The zero-order valence-corrected chi connectivity index (χ0v) is 8.53. The Balaban J connectivity index is 2.09. The highest BCUT2D eigenvalue weighted by Gasteiger charge is 2.27. The van der Waals surface area contributed by atoms with Crippen LogP contribution in [0, 0.1) is 0 Å². The van der Waals surface area contributed by atoms with E-state index in [1.54, 1.807) is 6.92 Å². The number of carbonyl (C=O) groups is 1. The zero-order valence-electron chi connectivity index (χ0n) is 8.53. The Bertz CT molecular complexity index is 361. The maximum absolute atomic E-state index is 11.2. The standard InChI is InChI=1S/C11H13NO3/c1-2-14-11(13)12-9-6-4-3-5-8(9)10-7-15-10/h3-6,10H,2,7H2,1H3,(H,12,13). The van der Waals surface area contributed by atoms with Crippen molar-refractivity contribution in [3.8, 4) is 0 Å². The van der Waals surface area contributed by atoms with Gasteiger partial charge in [-0.2, -0.15) is 0 Å². The van der Waals surface area contributed by atoms with Gasteiger partial charge in [0.25, 0.3) is 0 Å². The minimum Gasteiger partial charge on any atom is -0.450 e. The van der Waals surface area contributed by atoms with E-state index in [0.717, 1.165) is 17.9 Å². The lowest BCUT2D eigenvalue weighted by Crippen LogP contribution is -2.14. The number of para-hydroxylation sites is 1. The first-order valence-electron chi connectivity index (χ1n) is 4.95. The van der Waals surface area contributed by atoms with Crippen molar-refractivity contribution >= 4 is 11.8 Å². The Hall–Kier alpha value is -1.55. The van der Waals surface area contributed by atoms with Crippen molar-refractivity contribution in [2.24, 2.45) is 0 Å². The van der Waals surface area contributed by atoms with Crippen LogP contribution in [0.4, 0.5) is 10.5 Å². The first kappa shape index (κ1) is 9.98. The summed E-state index contributed by atoms with van der Waals surface area (Å²) in [6.45, 7) is 2.87. The Labute approximate surface area is 88.2 Å². The molecule has 80 valence electrons. The number of epoxide rings is 1. The number of amides is 1. The van der Waals surface area contributed by atoms with Crippen molar-refractivity contribution in [1.29, 1.82) is 0 Å². The molecule has 4 heteroatoms. The molecule has 4 nitrogen and oxygen atoms in total. The summed E-state index contributed by atoms with van der Waals surface area (Å²) < 4.78 is 9.99. The van der Waals surface area contributed by atoms with Crippen molar-refractivity contribution in [1.82, 2.24) is 0 Å². The molecule has 0 aliphatic carbocycles. The summed E-state index contributed by atoms with van der Waals surface area (Å²) in [6, 6.07) is 7.58. The molecule has 1 atom stereocenters. The number of hydrogen-bond donors (Lipinski definition) is 1. The number of ether oxygens (including phenoxy) is 2. The molecular formula is C11H13NO3. The van der Waals surface area contributed by atoms with Crippen LogP contribution in [0.3, 0.4) is 0 Å². The zero-order chi connectivity index (χ0) is 10.7. The van der Waals surface area contributed by atoms with E-state index in [4.69, 9.17) is 9.47 Å². The number of anilines is 1. The van der Waals surface area contributed by atoms with Gasteiger partial charge in [0.15, 0.2) is 0 Å². The highest BCUT2D eigenvalue weighted by atomic mass is 16.6. The molecule has 0 bridgehead atoms. The molecule has 1 aromatic carbocycles. The topological polar surface area (TPSA) is 50.9 Å². The summed E-state index contributed by atoms with van der Waals surface area (Å²) in [6.07, 6.45) is -0.297. The predicted molar refractivity (Wildman–Crippen MR) is 55.8 cm³/mol. The van der Waals surface area contributed by atoms with Crippen LogP contribution in [0.15, 0.2) is 24.3 Å². The summed E-state index contributed by atoms with van der Waals surface area (Å²) in [7, 11) is 0. The molecule has 2 rings (SSSR count). The molecule has 1 aliphatic heterocycles. The summed E-state index contributed by atoms with van der Waals surface area (Å²) in [5, 5.41) is 2.69. The number of rotatable bonds is 3.